The van der Waals surface area contributed by atoms with Crippen LogP contribution >= 0.6 is 31.9 Å². The summed E-state index contributed by atoms with van der Waals surface area (Å²) in [6, 6.07) is 4.75. The third-order valence-corrected chi connectivity index (χ3v) is 4.80. The van der Waals surface area contributed by atoms with E-state index < -0.39 is 0 Å². The minimum absolute atomic E-state index is 0.485. The van der Waals surface area contributed by atoms with Gasteiger partial charge < -0.3 is 10.1 Å². The van der Waals surface area contributed by atoms with Crippen molar-refractivity contribution in [3.63, 3.8) is 0 Å². The summed E-state index contributed by atoms with van der Waals surface area (Å²) in [4.78, 5) is 2.46. The zero-order valence-electron chi connectivity index (χ0n) is 12.8. The van der Waals surface area contributed by atoms with Gasteiger partial charge in [0.1, 0.15) is 12.4 Å². The third-order valence-electron chi connectivity index (χ3n) is 3.63. The van der Waals surface area contributed by atoms with E-state index in [2.05, 4.69) is 68.1 Å². The van der Waals surface area contributed by atoms with E-state index in [-0.39, 0.29) is 0 Å². The average Bonchev–Trinajstić information content (AvgIpc) is 2.92. The third kappa shape index (κ3) is 5.55. The summed E-state index contributed by atoms with van der Waals surface area (Å²) in [6.45, 7) is 9.34. The Balaban J connectivity index is 1.89. The maximum atomic E-state index is 5.95. The quantitative estimate of drug-likeness (QED) is 0.717. The highest BCUT2D eigenvalue weighted by Crippen LogP contribution is 2.34. The minimum atomic E-state index is 0.485. The molecule has 2 rings (SSSR count). The second-order valence-corrected chi connectivity index (χ2v) is 7.53. The fraction of sp³-hybridized carbons (Fsp3) is 0.625. The Bertz CT molecular complexity index is 437. The van der Waals surface area contributed by atoms with Crippen molar-refractivity contribution in [2.24, 2.45) is 0 Å². The van der Waals surface area contributed by atoms with E-state index in [1.54, 1.807) is 0 Å². The Kier molecular flexibility index (Phi) is 6.99. The highest BCUT2D eigenvalue weighted by Gasteiger charge is 2.13. The summed E-state index contributed by atoms with van der Waals surface area (Å²) in [5, 5.41) is 3.43. The summed E-state index contributed by atoms with van der Waals surface area (Å²) >= 11 is 7.24. The fourth-order valence-electron chi connectivity index (χ4n) is 2.46. The first-order valence-electron chi connectivity index (χ1n) is 7.62. The van der Waals surface area contributed by atoms with Crippen molar-refractivity contribution in [3.8, 4) is 5.75 Å². The van der Waals surface area contributed by atoms with Crippen LogP contribution in [0.15, 0.2) is 21.1 Å². The van der Waals surface area contributed by atoms with Crippen LogP contribution in [0.4, 0.5) is 0 Å². The molecular weight excluding hydrogens is 396 g/mol. The van der Waals surface area contributed by atoms with Gasteiger partial charge in [-0.05, 0) is 75.5 Å². The maximum Gasteiger partial charge on any atom is 0.147 e. The van der Waals surface area contributed by atoms with Crippen molar-refractivity contribution in [2.45, 2.75) is 39.3 Å². The van der Waals surface area contributed by atoms with Gasteiger partial charge in [0.2, 0.25) is 0 Å². The van der Waals surface area contributed by atoms with E-state index in [4.69, 9.17) is 4.74 Å². The van der Waals surface area contributed by atoms with Gasteiger partial charge >= 0.3 is 0 Å². The molecular formula is C16H24Br2N2O. The topological polar surface area (TPSA) is 24.5 Å². The van der Waals surface area contributed by atoms with Crippen molar-refractivity contribution in [3.05, 3.63) is 26.6 Å². The van der Waals surface area contributed by atoms with Crippen molar-refractivity contribution in [1.82, 2.24) is 10.2 Å². The van der Waals surface area contributed by atoms with Crippen molar-refractivity contribution in [1.29, 1.82) is 0 Å². The first-order chi connectivity index (χ1) is 10.1. The molecule has 1 saturated heterocycles. The molecule has 0 saturated carbocycles. The number of nitrogens with one attached hydrogen (secondary N) is 1. The second kappa shape index (κ2) is 8.51. The monoisotopic (exact) mass is 418 g/mol. The molecule has 1 heterocycles. The number of rotatable bonds is 7. The minimum Gasteiger partial charge on any atom is -0.490 e. The van der Waals surface area contributed by atoms with Crippen LogP contribution in [-0.2, 0) is 6.54 Å². The van der Waals surface area contributed by atoms with Crippen LogP contribution in [0.25, 0.3) is 0 Å². The molecule has 1 aliphatic heterocycles. The van der Waals surface area contributed by atoms with Crippen molar-refractivity contribution < 1.29 is 4.74 Å². The molecule has 1 aromatic carbocycles. The molecule has 1 aliphatic rings. The summed E-state index contributed by atoms with van der Waals surface area (Å²) < 4.78 is 7.98. The van der Waals surface area contributed by atoms with Crippen LogP contribution in [0.2, 0.25) is 0 Å². The van der Waals surface area contributed by atoms with Gasteiger partial charge in [-0.3, -0.25) is 4.90 Å². The second-order valence-electron chi connectivity index (χ2n) is 5.82. The normalized spacial score (nSPS) is 15.9. The van der Waals surface area contributed by atoms with Gasteiger partial charge in [0.15, 0.2) is 0 Å². The summed E-state index contributed by atoms with van der Waals surface area (Å²) in [5.74, 6) is 0.905. The SMILES string of the molecule is CC(C)NCc1cc(Br)c(OCCN2CCCC2)c(Br)c1. The molecule has 0 amide bonds. The van der Waals surface area contributed by atoms with E-state index in [0.29, 0.717) is 6.04 Å². The lowest BCUT2D eigenvalue weighted by Gasteiger charge is -2.17. The van der Waals surface area contributed by atoms with Gasteiger partial charge in [-0.15, -0.1) is 0 Å². The Morgan fingerprint density at radius 2 is 1.81 bits per heavy atom. The number of nitrogens with zero attached hydrogens (tertiary/aromatic N) is 1. The molecule has 3 nitrogen and oxygen atoms in total. The number of likely N-dealkylation sites (tertiary alicyclic amines) is 1. The van der Waals surface area contributed by atoms with Crippen LogP contribution in [0, 0.1) is 0 Å². The van der Waals surface area contributed by atoms with Gasteiger partial charge in [-0.2, -0.15) is 0 Å². The first-order valence-corrected chi connectivity index (χ1v) is 9.21. The molecule has 0 aliphatic carbocycles. The summed E-state index contributed by atoms with van der Waals surface area (Å²) in [7, 11) is 0. The van der Waals surface area contributed by atoms with Crippen LogP contribution in [0.5, 0.6) is 5.75 Å². The predicted molar refractivity (Wildman–Crippen MR) is 95.0 cm³/mol. The molecule has 1 N–H and O–H groups in total. The van der Waals surface area contributed by atoms with E-state index >= 15 is 0 Å². The molecule has 0 bridgehead atoms. The molecule has 0 atom stereocenters. The number of ether oxygens (including phenoxy) is 1. The highest BCUT2D eigenvalue weighted by atomic mass is 79.9. The fourth-order valence-corrected chi connectivity index (χ4v) is 3.97. The number of hydrogen-bond acceptors (Lipinski definition) is 3. The van der Waals surface area contributed by atoms with Crippen molar-refractivity contribution >= 4 is 31.9 Å². The van der Waals surface area contributed by atoms with Gasteiger partial charge in [0.25, 0.3) is 0 Å². The lowest BCUT2D eigenvalue weighted by atomic mass is 10.2. The molecule has 1 aromatic rings. The lowest BCUT2D eigenvalue weighted by molar-refractivity contribution is 0.236. The van der Waals surface area contributed by atoms with Gasteiger partial charge in [-0.1, -0.05) is 13.8 Å². The van der Waals surface area contributed by atoms with Crippen LogP contribution in [-0.4, -0.2) is 37.2 Å². The van der Waals surface area contributed by atoms with Crippen molar-refractivity contribution in [2.75, 3.05) is 26.2 Å². The van der Waals surface area contributed by atoms with Gasteiger partial charge in [0, 0.05) is 19.1 Å². The van der Waals surface area contributed by atoms with E-state index in [1.807, 2.05) is 0 Å². The van der Waals surface area contributed by atoms with Crippen LogP contribution in [0.3, 0.4) is 0 Å². The largest absolute Gasteiger partial charge is 0.490 e. The van der Waals surface area contributed by atoms with Crippen LogP contribution in [0.1, 0.15) is 32.3 Å². The average molecular weight is 420 g/mol. The Morgan fingerprint density at radius 3 is 2.38 bits per heavy atom. The zero-order valence-corrected chi connectivity index (χ0v) is 16.0. The molecule has 118 valence electrons. The molecule has 5 heteroatoms. The molecule has 21 heavy (non-hydrogen) atoms. The first kappa shape index (κ1) is 17.3. The standard InChI is InChI=1S/C16H24Br2N2O/c1-12(2)19-11-13-9-14(17)16(15(18)10-13)21-8-7-20-5-3-4-6-20/h9-10,12,19H,3-8,11H2,1-2H3. The molecule has 0 radical (unpaired) electrons. The number of halogens is 2. The Labute approximate surface area is 144 Å². The molecule has 0 aromatic heterocycles. The summed E-state index contributed by atoms with van der Waals surface area (Å²) in [6.07, 6.45) is 2.65. The maximum absolute atomic E-state index is 5.95. The van der Waals surface area contributed by atoms with E-state index in [0.717, 1.165) is 34.4 Å². The molecule has 0 unspecified atom stereocenters. The van der Waals surface area contributed by atoms with Gasteiger partial charge in [-0.25, -0.2) is 0 Å². The Hall–Kier alpha value is -0.100. The molecule has 0 spiro atoms. The number of hydrogen-bond donors (Lipinski definition) is 1. The van der Waals surface area contributed by atoms with Gasteiger partial charge in [0.05, 0.1) is 8.95 Å². The Morgan fingerprint density at radius 1 is 1.19 bits per heavy atom. The van der Waals surface area contributed by atoms with Crippen LogP contribution < -0.4 is 10.1 Å². The summed E-state index contributed by atoms with van der Waals surface area (Å²) in [5.41, 5.74) is 1.24. The van der Waals surface area contributed by atoms with E-state index in [9.17, 15) is 0 Å². The highest BCUT2D eigenvalue weighted by molar-refractivity contribution is 9.11. The smallest absolute Gasteiger partial charge is 0.147 e. The van der Waals surface area contributed by atoms with E-state index in [1.165, 1.54) is 31.5 Å². The zero-order chi connectivity index (χ0) is 15.2. The predicted octanol–water partition coefficient (Wildman–Crippen LogP) is 4.18. The lowest BCUT2D eigenvalue weighted by Crippen LogP contribution is -2.25. The molecule has 1 fully saturated rings. The number of benzene rings is 1.